The van der Waals surface area contributed by atoms with Crippen LogP contribution in [-0.2, 0) is 16.1 Å². The van der Waals surface area contributed by atoms with Crippen molar-refractivity contribution in [1.29, 1.82) is 0 Å². The number of carbonyl (C=O) groups excluding carboxylic acids is 1. The van der Waals surface area contributed by atoms with Crippen molar-refractivity contribution < 1.29 is 9.53 Å². The van der Waals surface area contributed by atoms with Crippen LogP contribution in [0.4, 0.5) is 0 Å². The molecule has 0 spiro atoms. The summed E-state index contributed by atoms with van der Waals surface area (Å²) in [6.07, 6.45) is 4.93. The topological polar surface area (TPSA) is 89.9 Å². The summed E-state index contributed by atoms with van der Waals surface area (Å²) >= 11 is 0. The number of carbonyl (C=O) groups is 1. The summed E-state index contributed by atoms with van der Waals surface area (Å²) in [5, 5.41) is 0. The van der Waals surface area contributed by atoms with Gasteiger partial charge in [0.25, 0.3) is 5.56 Å². The van der Waals surface area contributed by atoms with E-state index in [1.54, 1.807) is 4.57 Å². The molecule has 7 heteroatoms. The van der Waals surface area contributed by atoms with Gasteiger partial charge in [0.05, 0.1) is 25.7 Å². The highest BCUT2D eigenvalue weighted by Crippen LogP contribution is 2.05. The first-order valence-corrected chi connectivity index (χ1v) is 6.26. The van der Waals surface area contributed by atoms with E-state index in [-0.39, 0.29) is 23.5 Å². The molecule has 2 aromatic rings. The molecule has 0 saturated heterocycles. The second kappa shape index (κ2) is 6.12. The van der Waals surface area contributed by atoms with Crippen LogP contribution in [0.15, 0.2) is 17.4 Å². The van der Waals surface area contributed by atoms with Crippen LogP contribution in [0.1, 0.15) is 26.2 Å². The standard InChI is InChI=1S/C12H16N4O3/c1-2-3-6-19-9(17)4-5-16-8-15-10-11(16)13-7-14-12(10)18/h7-8H,2-6H2,1H3,(H,13,14,18). The number of esters is 1. The maximum Gasteiger partial charge on any atom is 0.307 e. The zero-order valence-electron chi connectivity index (χ0n) is 10.8. The molecule has 0 aromatic carbocycles. The van der Waals surface area contributed by atoms with Crippen LogP contribution in [0.25, 0.3) is 11.2 Å². The number of unbranched alkanes of at least 4 members (excludes halogenated alkanes) is 1. The van der Waals surface area contributed by atoms with Crippen LogP contribution in [-0.4, -0.2) is 32.1 Å². The molecule has 1 N–H and O–H groups in total. The van der Waals surface area contributed by atoms with Crippen molar-refractivity contribution >= 4 is 17.1 Å². The number of aromatic amines is 1. The number of nitrogens with one attached hydrogen (secondary N) is 1. The number of aryl methyl sites for hydroxylation is 1. The summed E-state index contributed by atoms with van der Waals surface area (Å²) in [5.74, 6) is -0.250. The number of hydrogen-bond donors (Lipinski definition) is 1. The molecule has 19 heavy (non-hydrogen) atoms. The Balaban J connectivity index is 1.97. The molecular formula is C12H16N4O3. The maximum atomic E-state index is 11.5. The Hall–Kier alpha value is -2.18. The van der Waals surface area contributed by atoms with E-state index in [1.807, 2.05) is 6.92 Å². The molecule has 102 valence electrons. The molecule has 0 fully saturated rings. The van der Waals surface area contributed by atoms with Crippen molar-refractivity contribution in [2.24, 2.45) is 0 Å². The summed E-state index contributed by atoms with van der Waals surface area (Å²) in [4.78, 5) is 33.4. The molecule has 0 aliphatic heterocycles. The lowest BCUT2D eigenvalue weighted by Gasteiger charge is -2.04. The summed E-state index contributed by atoms with van der Waals surface area (Å²) < 4.78 is 6.73. The van der Waals surface area contributed by atoms with Crippen LogP contribution in [0.5, 0.6) is 0 Å². The quantitative estimate of drug-likeness (QED) is 0.617. The van der Waals surface area contributed by atoms with Gasteiger partial charge in [-0.2, -0.15) is 0 Å². The van der Waals surface area contributed by atoms with Gasteiger partial charge in [0.2, 0.25) is 0 Å². The number of aromatic nitrogens is 4. The summed E-state index contributed by atoms with van der Waals surface area (Å²) in [6, 6.07) is 0. The third kappa shape index (κ3) is 3.18. The van der Waals surface area contributed by atoms with Crippen LogP contribution in [0.3, 0.4) is 0 Å². The maximum absolute atomic E-state index is 11.5. The van der Waals surface area contributed by atoms with Crippen molar-refractivity contribution in [2.75, 3.05) is 6.61 Å². The van der Waals surface area contributed by atoms with Crippen LogP contribution >= 0.6 is 0 Å². The lowest BCUT2D eigenvalue weighted by atomic mass is 10.3. The molecule has 0 atom stereocenters. The zero-order valence-corrected chi connectivity index (χ0v) is 10.8. The van der Waals surface area contributed by atoms with Crippen LogP contribution in [0.2, 0.25) is 0 Å². The van der Waals surface area contributed by atoms with E-state index in [2.05, 4.69) is 15.0 Å². The Morgan fingerprint density at radius 3 is 3.11 bits per heavy atom. The van der Waals surface area contributed by atoms with Crippen molar-refractivity contribution in [3.63, 3.8) is 0 Å². The SMILES string of the molecule is CCCCOC(=O)CCn1cnc2c(=O)[nH]cnc21. The first-order chi connectivity index (χ1) is 9.22. The van der Waals surface area contributed by atoms with Gasteiger partial charge in [0.1, 0.15) is 0 Å². The molecule has 2 rings (SSSR count). The zero-order chi connectivity index (χ0) is 13.7. The highest BCUT2D eigenvalue weighted by atomic mass is 16.5. The van der Waals surface area contributed by atoms with Gasteiger partial charge < -0.3 is 14.3 Å². The molecule has 2 aromatic heterocycles. The highest BCUT2D eigenvalue weighted by Gasteiger charge is 2.09. The monoisotopic (exact) mass is 264 g/mol. The third-order valence-corrected chi connectivity index (χ3v) is 2.73. The second-order valence-corrected chi connectivity index (χ2v) is 4.17. The minimum atomic E-state index is -0.283. The van der Waals surface area contributed by atoms with E-state index in [1.165, 1.54) is 12.7 Å². The van der Waals surface area contributed by atoms with Gasteiger partial charge in [-0.1, -0.05) is 13.3 Å². The van der Waals surface area contributed by atoms with Gasteiger partial charge in [-0.15, -0.1) is 0 Å². The fourth-order valence-electron chi connectivity index (χ4n) is 1.67. The summed E-state index contributed by atoms with van der Waals surface area (Å²) in [5.41, 5.74) is 0.473. The van der Waals surface area contributed by atoms with Gasteiger partial charge in [-0.25, -0.2) is 9.97 Å². The van der Waals surface area contributed by atoms with Gasteiger partial charge in [0, 0.05) is 6.54 Å². The molecule has 0 saturated carbocycles. The lowest BCUT2D eigenvalue weighted by Crippen LogP contribution is -2.11. The van der Waals surface area contributed by atoms with Gasteiger partial charge >= 0.3 is 5.97 Å². The molecule has 7 nitrogen and oxygen atoms in total. The van der Waals surface area contributed by atoms with Crippen molar-refractivity contribution in [2.45, 2.75) is 32.7 Å². The average molecular weight is 264 g/mol. The summed E-state index contributed by atoms with van der Waals surface area (Å²) in [6.45, 7) is 2.89. The number of hydrogen-bond acceptors (Lipinski definition) is 5. The van der Waals surface area contributed by atoms with E-state index in [0.29, 0.717) is 18.8 Å². The van der Waals surface area contributed by atoms with E-state index in [0.717, 1.165) is 12.8 Å². The highest BCUT2D eigenvalue weighted by molar-refractivity contribution is 5.71. The van der Waals surface area contributed by atoms with Crippen molar-refractivity contribution in [1.82, 2.24) is 19.5 Å². The average Bonchev–Trinajstić information content (AvgIpc) is 2.81. The Morgan fingerprint density at radius 2 is 2.32 bits per heavy atom. The Morgan fingerprint density at radius 1 is 1.47 bits per heavy atom. The predicted molar refractivity (Wildman–Crippen MR) is 68.6 cm³/mol. The third-order valence-electron chi connectivity index (χ3n) is 2.73. The molecule has 2 heterocycles. The first-order valence-electron chi connectivity index (χ1n) is 6.26. The molecule has 0 radical (unpaired) electrons. The van der Waals surface area contributed by atoms with Crippen molar-refractivity contribution in [3.05, 3.63) is 23.0 Å². The summed E-state index contributed by atoms with van der Waals surface area (Å²) in [7, 11) is 0. The second-order valence-electron chi connectivity index (χ2n) is 4.17. The van der Waals surface area contributed by atoms with E-state index in [4.69, 9.17) is 4.74 Å². The minimum Gasteiger partial charge on any atom is -0.466 e. The van der Waals surface area contributed by atoms with Gasteiger partial charge in [0.15, 0.2) is 11.2 Å². The van der Waals surface area contributed by atoms with Crippen LogP contribution < -0.4 is 5.56 Å². The number of ether oxygens (including phenoxy) is 1. The molecule has 0 aliphatic rings. The smallest absolute Gasteiger partial charge is 0.307 e. The van der Waals surface area contributed by atoms with Gasteiger partial charge in [-0.3, -0.25) is 9.59 Å². The minimum absolute atomic E-state index is 0.240. The van der Waals surface area contributed by atoms with Crippen LogP contribution in [0, 0.1) is 0 Å². The predicted octanol–water partition coefficient (Wildman–Crippen LogP) is 0.853. The lowest BCUT2D eigenvalue weighted by molar-refractivity contribution is -0.144. The first kappa shape index (κ1) is 13.3. The molecular weight excluding hydrogens is 248 g/mol. The normalized spacial score (nSPS) is 10.8. The Bertz CT molecular complexity index is 617. The number of imidazole rings is 1. The molecule has 0 bridgehead atoms. The Kier molecular flexibility index (Phi) is 4.27. The van der Waals surface area contributed by atoms with Crippen molar-refractivity contribution in [3.8, 4) is 0 Å². The number of H-pyrrole nitrogens is 1. The molecule has 0 unspecified atom stereocenters. The van der Waals surface area contributed by atoms with E-state index < -0.39 is 0 Å². The fraction of sp³-hybridized carbons (Fsp3) is 0.500. The fourth-order valence-corrected chi connectivity index (χ4v) is 1.67. The molecule has 0 aliphatic carbocycles. The van der Waals surface area contributed by atoms with E-state index in [9.17, 15) is 9.59 Å². The number of fused-ring (bicyclic) bond motifs is 1. The Labute approximate surface area is 109 Å². The number of rotatable bonds is 6. The van der Waals surface area contributed by atoms with Gasteiger partial charge in [-0.05, 0) is 6.42 Å². The van der Waals surface area contributed by atoms with E-state index >= 15 is 0 Å². The molecule has 0 amide bonds. The largest absolute Gasteiger partial charge is 0.466 e. The number of nitrogens with zero attached hydrogens (tertiary/aromatic N) is 3.